The van der Waals surface area contributed by atoms with E-state index in [-0.39, 0.29) is 12.5 Å². The molecule has 3 aromatic rings. The number of hydrogen-bond acceptors (Lipinski definition) is 5. The number of carbonyl (C=O) groups is 1. The van der Waals surface area contributed by atoms with Crippen LogP contribution in [0.1, 0.15) is 18.9 Å². The van der Waals surface area contributed by atoms with Gasteiger partial charge in [-0.15, -0.1) is 0 Å². The summed E-state index contributed by atoms with van der Waals surface area (Å²) in [5, 5.41) is 13.6. The van der Waals surface area contributed by atoms with Crippen LogP contribution >= 0.6 is 0 Å². The average Bonchev–Trinajstić information content (AvgIpc) is 2.65. The zero-order valence-electron chi connectivity index (χ0n) is 14.7. The van der Waals surface area contributed by atoms with Crippen LogP contribution in [0, 0.1) is 6.92 Å². The number of fused-ring (bicyclic) bond motifs is 3. The van der Waals surface area contributed by atoms with Crippen LogP contribution in [0.3, 0.4) is 0 Å². The van der Waals surface area contributed by atoms with E-state index >= 15 is 0 Å². The van der Waals surface area contributed by atoms with Gasteiger partial charge in [-0.2, -0.15) is 0 Å². The predicted molar refractivity (Wildman–Crippen MR) is 99.5 cm³/mol. The van der Waals surface area contributed by atoms with Gasteiger partial charge < -0.3 is 19.6 Å². The molecule has 0 aliphatic rings. The lowest BCUT2D eigenvalue weighted by Crippen LogP contribution is -2.37. The molecule has 1 heterocycles. The second-order valence-electron chi connectivity index (χ2n) is 6.13. The highest BCUT2D eigenvalue weighted by molar-refractivity contribution is 6.05. The summed E-state index contributed by atoms with van der Waals surface area (Å²) >= 11 is 0. The first-order valence-electron chi connectivity index (χ1n) is 8.53. The Morgan fingerprint density at radius 3 is 2.65 bits per heavy atom. The molecule has 0 aliphatic heterocycles. The highest BCUT2D eigenvalue weighted by Crippen LogP contribution is 2.31. The quantitative estimate of drug-likeness (QED) is 0.403. The van der Waals surface area contributed by atoms with Crippen molar-refractivity contribution in [2.24, 2.45) is 0 Å². The Labute approximate surface area is 150 Å². The highest BCUT2D eigenvalue weighted by atomic mass is 16.5. The first-order valence-corrected chi connectivity index (χ1v) is 8.53. The van der Waals surface area contributed by atoms with E-state index in [1.54, 1.807) is 32.0 Å². The topological polar surface area (TPSA) is 88.8 Å². The summed E-state index contributed by atoms with van der Waals surface area (Å²) in [5.41, 5.74) is 0.725. The van der Waals surface area contributed by atoms with Crippen molar-refractivity contribution in [3.8, 4) is 5.75 Å². The largest absolute Gasteiger partial charge is 0.480 e. The number of aliphatic hydroxyl groups is 1. The molecular weight excluding hydrogens is 334 g/mol. The minimum Gasteiger partial charge on any atom is -0.480 e. The summed E-state index contributed by atoms with van der Waals surface area (Å²) in [5.74, 6) is 0.221. The minimum atomic E-state index is -0.711. The van der Waals surface area contributed by atoms with Crippen LogP contribution in [0.2, 0.25) is 0 Å². The molecule has 0 unspecified atom stereocenters. The summed E-state index contributed by atoms with van der Waals surface area (Å²) in [7, 11) is 0. The summed E-state index contributed by atoms with van der Waals surface area (Å²) < 4.78 is 11.3. The van der Waals surface area contributed by atoms with Crippen molar-refractivity contribution in [3.63, 3.8) is 0 Å². The number of benzene rings is 2. The van der Waals surface area contributed by atoms with Crippen molar-refractivity contribution in [2.45, 2.75) is 26.4 Å². The normalized spacial score (nSPS) is 12.3. The first-order chi connectivity index (χ1) is 12.5. The fourth-order valence-corrected chi connectivity index (χ4v) is 2.87. The zero-order chi connectivity index (χ0) is 18.7. The SMILES string of the molecule is Cc1c(O[C@@H](C)C(=O)NCCCO)ccc2c1oc(=O)c1ccccc12. The van der Waals surface area contributed by atoms with E-state index in [9.17, 15) is 9.59 Å². The molecule has 0 aliphatic carbocycles. The van der Waals surface area contributed by atoms with E-state index in [0.717, 1.165) is 10.8 Å². The van der Waals surface area contributed by atoms with Gasteiger partial charge >= 0.3 is 5.63 Å². The molecule has 3 rings (SSSR count). The Balaban J connectivity index is 1.93. The Morgan fingerprint density at radius 1 is 1.19 bits per heavy atom. The molecule has 0 spiro atoms. The van der Waals surface area contributed by atoms with Gasteiger partial charge in [-0.3, -0.25) is 4.79 Å². The van der Waals surface area contributed by atoms with Gasteiger partial charge in [0.2, 0.25) is 0 Å². The Kier molecular flexibility index (Phi) is 5.23. The van der Waals surface area contributed by atoms with Gasteiger partial charge in [-0.05, 0) is 43.9 Å². The molecule has 0 bridgehead atoms. The second-order valence-corrected chi connectivity index (χ2v) is 6.13. The molecule has 1 aromatic heterocycles. The average molecular weight is 355 g/mol. The maximum atomic E-state index is 12.2. The second kappa shape index (κ2) is 7.58. The molecule has 136 valence electrons. The van der Waals surface area contributed by atoms with Crippen LogP contribution in [0.5, 0.6) is 5.75 Å². The third-order valence-electron chi connectivity index (χ3n) is 4.30. The predicted octanol–water partition coefficient (Wildman–Crippen LogP) is 2.52. The van der Waals surface area contributed by atoms with Gasteiger partial charge in [0.1, 0.15) is 11.3 Å². The first kappa shape index (κ1) is 17.9. The van der Waals surface area contributed by atoms with Crippen molar-refractivity contribution >= 4 is 27.6 Å². The Hall–Kier alpha value is -2.86. The number of nitrogens with one attached hydrogen (secondary N) is 1. The molecule has 6 heteroatoms. The van der Waals surface area contributed by atoms with Crippen LogP contribution in [-0.4, -0.2) is 30.3 Å². The summed E-state index contributed by atoms with van der Waals surface area (Å²) in [6.45, 7) is 3.85. The molecule has 0 saturated carbocycles. The van der Waals surface area contributed by atoms with Crippen molar-refractivity contribution in [1.82, 2.24) is 5.32 Å². The zero-order valence-corrected chi connectivity index (χ0v) is 14.7. The van der Waals surface area contributed by atoms with Gasteiger partial charge in [0.05, 0.1) is 5.39 Å². The van der Waals surface area contributed by atoms with Crippen LogP contribution in [0.4, 0.5) is 0 Å². The van der Waals surface area contributed by atoms with Gasteiger partial charge in [0.25, 0.3) is 5.91 Å². The van der Waals surface area contributed by atoms with Crippen molar-refractivity contribution in [3.05, 3.63) is 52.4 Å². The van der Waals surface area contributed by atoms with Crippen LogP contribution in [-0.2, 0) is 4.79 Å². The van der Waals surface area contributed by atoms with E-state index in [1.807, 2.05) is 18.2 Å². The molecule has 0 saturated heterocycles. The number of hydrogen-bond donors (Lipinski definition) is 2. The van der Waals surface area contributed by atoms with E-state index in [1.165, 1.54) is 0 Å². The fraction of sp³-hybridized carbons (Fsp3) is 0.300. The smallest absolute Gasteiger partial charge is 0.344 e. The van der Waals surface area contributed by atoms with E-state index in [2.05, 4.69) is 5.32 Å². The Bertz CT molecular complexity index is 1010. The van der Waals surface area contributed by atoms with Crippen molar-refractivity contribution < 1.29 is 19.1 Å². The standard InChI is InChI=1S/C20H21NO5/c1-12-17(25-13(2)19(23)21-10-5-11-22)9-8-15-14-6-3-4-7-16(14)20(24)26-18(12)15/h3-4,6-9,13,22H,5,10-11H2,1-2H3,(H,21,23)/t13-/m0/s1. The van der Waals surface area contributed by atoms with E-state index in [0.29, 0.717) is 35.2 Å². The van der Waals surface area contributed by atoms with Crippen molar-refractivity contribution in [1.29, 1.82) is 0 Å². The molecule has 0 fully saturated rings. The number of aryl methyl sites for hydroxylation is 1. The minimum absolute atomic E-state index is 0.0201. The van der Waals surface area contributed by atoms with Gasteiger partial charge in [-0.25, -0.2) is 4.79 Å². The number of carbonyl (C=O) groups excluding carboxylic acids is 1. The Morgan fingerprint density at radius 2 is 1.92 bits per heavy atom. The number of aliphatic hydroxyl groups excluding tert-OH is 1. The van der Waals surface area contributed by atoms with Crippen LogP contribution < -0.4 is 15.7 Å². The lowest BCUT2D eigenvalue weighted by Gasteiger charge is -2.17. The molecule has 0 radical (unpaired) electrons. The maximum absolute atomic E-state index is 12.2. The van der Waals surface area contributed by atoms with Gasteiger partial charge in [0.15, 0.2) is 6.10 Å². The molecular formula is C20H21NO5. The van der Waals surface area contributed by atoms with Crippen LogP contribution in [0.15, 0.2) is 45.6 Å². The molecule has 2 aromatic carbocycles. The lowest BCUT2D eigenvalue weighted by atomic mass is 10.0. The van der Waals surface area contributed by atoms with E-state index < -0.39 is 11.7 Å². The number of amides is 1. The van der Waals surface area contributed by atoms with Gasteiger partial charge in [-0.1, -0.05) is 18.2 Å². The molecule has 1 atom stereocenters. The maximum Gasteiger partial charge on any atom is 0.344 e. The molecule has 6 nitrogen and oxygen atoms in total. The van der Waals surface area contributed by atoms with E-state index in [4.69, 9.17) is 14.3 Å². The number of rotatable bonds is 6. The third-order valence-corrected chi connectivity index (χ3v) is 4.30. The van der Waals surface area contributed by atoms with Crippen LogP contribution in [0.25, 0.3) is 21.7 Å². The molecule has 2 N–H and O–H groups in total. The molecule has 1 amide bonds. The van der Waals surface area contributed by atoms with Gasteiger partial charge in [0, 0.05) is 24.1 Å². The summed E-state index contributed by atoms with van der Waals surface area (Å²) in [6.07, 6.45) is -0.219. The fourth-order valence-electron chi connectivity index (χ4n) is 2.87. The lowest BCUT2D eigenvalue weighted by molar-refractivity contribution is -0.127. The highest BCUT2D eigenvalue weighted by Gasteiger charge is 2.18. The van der Waals surface area contributed by atoms with Crippen molar-refractivity contribution in [2.75, 3.05) is 13.2 Å². The summed E-state index contributed by atoms with van der Waals surface area (Å²) in [6, 6.07) is 10.9. The number of ether oxygens (including phenoxy) is 1. The molecule has 26 heavy (non-hydrogen) atoms. The monoisotopic (exact) mass is 355 g/mol. The third kappa shape index (κ3) is 3.41. The summed E-state index contributed by atoms with van der Waals surface area (Å²) in [4.78, 5) is 24.3.